The van der Waals surface area contributed by atoms with Gasteiger partial charge in [0.05, 0.1) is 12.2 Å². The molecule has 1 heterocycles. The first-order valence-corrected chi connectivity index (χ1v) is 5.30. The molecule has 7 nitrogen and oxygen atoms in total. The van der Waals surface area contributed by atoms with Gasteiger partial charge in [0.15, 0.2) is 5.78 Å². The summed E-state index contributed by atoms with van der Waals surface area (Å²) in [6.45, 7) is 0.437. The molecule has 0 aliphatic carbocycles. The van der Waals surface area contributed by atoms with E-state index in [4.69, 9.17) is 16.6 Å². The van der Waals surface area contributed by atoms with Crippen LogP contribution in [0.25, 0.3) is 0 Å². The van der Waals surface area contributed by atoms with E-state index in [0.29, 0.717) is 24.5 Å². The molecule has 1 aromatic rings. The normalized spacial score (nSPS) is 12.4. The molecule has 0 spiro atoms. The van der Waals surface area contributed by atoms with Crippen LogP contribution in [0.4, 0.5) is 0 Å². The molecule has 0 saturated heterocycles. The van der Waals surface area contributed by atoms with Gasteiger partial charge in [0.25, 0.3) is 0 Å². The highest BCUT2D eigenvalue weighted by molar-refractivity contribution is 5.98. The van der Waals surface area contributed by atoms with Crippen molar-refractivity contribution in [1.29, 1.82) is 0 Å². The van der Waals surface area contributed by atoms with Crippen LogP contribution in [0.15, 0.2) is 6.20 Å². The first-order valence-electron chi connectivity index (χ1n) is 5.30. The Morgan fingerprint density at radius 2 is 2.24 bits per heavy atom. The molecule has 6 N–H and O–H groups in total. The zero-order valence-electron chi connectivity index (χ0n) is 9.35. The van der Waals surface area contributed by atoms with E-state index in [0.717, 1.165) is 0 Å². The van der Waals surface area contributed by atoms with Crippen molar-refractivity contribution in [3.8, 4) is 0 Å². The third kappa shape index (κ3) is 3.97. The number of rotatable bonds is 7. The topological polar surface area (TPSA) is 135 Å². The van der Waals surface area contributed by atoms with Gasteiger partial charge in [0.1, 0.15) is 11.5 Å². The molecule has 0 bridgehead atoms. The lowest BCUT2D eigenvalue weighted by atomic mass is 10.1. The zero-order chi connectivity index (χ0) is 12.8. The number of nitrogens with two attached hydrogens (primary N) is 2. The Balaban J connectivity index is 2.58. The van der Waals surface area contributed by atoms with Crippen molar-refractivity contribution in [2.45, 2.75) is 25.3 Å². The Morgan fingerprint density at radius 1 is 1.53 bits per heavy atom. The van der Waals surface area contributed by atoms with Gasteiger partial charge in [0.2, 0.25) is 0 Å². The minimum atomic E-state index is -0.971. The van der Waals surface area contributed by atoms with E-state index < -0.39 is 12.0 Å². The van der Waals surface area contributed by atoms with Crippen molar-refractivity contribution >= 4 is 11.8 Å². The number of carboxylic acid groups (broad SMARTS) is 1. The van der Waals surface area contributed by atoms with Crippen molar-refractivity contribution in [1.82, 2.24) is 9.97 Å². The number of imidazole rings is 1. The standard InChI is InChI=1S/C10H16N4O3/c11-4-3-8-13-5-7(14-8)10(17)6(12)1-2-9(15)16/h5-6H,1-4,11-12H2,(H,13,14)(H,15,16). The van der Waals surface area contributed by atoms with Crippen molar-refractivity contribution in [2.75, 3.05) is 6.54 Å². The highest BCUT2D eigenvalue weighted by Gasteiger charge is 2.18. The summed E-state index contributed by atoms with van der Waals surface area (Å²) in [5.74, 6) is -0.676. The molecule has 1 rings (SSSR count). The van der Waals surface area contributed by atoms with Crippen LogP contribution in [0, 0.1) is 0 Å². The van der Waals surface area contributed by atoms with Crippen LogP contribution in [0.3, 0.4) is 0 Å². The number of carbonyl (C=O) groups excluding carboxylic acids is 1. The molecule has 0 aromatic carbocycles. The van der Waals surface area contributed by atoms with Crippen molar-refractivity contribution in [2.24, 2.45) is 11.5 Å². The van der Waals surface area contributed by atoms with Gasteiger partial charge in [-0.15, -0.1) is 0 Å². The van der Waals surface area contributed by atoms with Crippen molar-refractivity contribution in [3.63, 3.8) is 0 Å². The zero-order valence-corrected chi connectivity index (χ0v) is 9.35. The van der Waals surface area contributed by atoms with E-state index in [9.17, 15) is 9.59 Å². The van der Waals surface area contributed by atoms with E-state index in [2.05, 4.69) is 9.97 Å². The van der Waals surface area contributed by atoms with Crippen LogP contribution in [-0.2, 0) is 11.2 Å². The summed E-state index contributed by atoms with van der Waals surface area (Å²) in [5.41, 5.74) is 11.2. The lowest BCUT2D eigenvalue weighted by molar-refractivity contribution is -0.137. The average Bonchev–Trinajstić information content (AvgIpc) is 2.74. The predicted octanol–water partition coefficient (Wildman–Crippen LogP) is -0.714. The Hall–Kier alpha value is -1.73. The van der Waals surface area contributed by atoms with Gasteiger partial charge in [-0.1, -0.05) is 0 Å². The van der Waals surface area contributed by atoms with Gasteiger partial charge in [-0.3, -0.25) is 9.59 Å². The maximum Gasteiger partial charge on any atom is 0.303 e. The van der Waals surface area contributed by atoms with E-state index in [1.807, 2.05) is 0 Å². The van der Waals surface area contributed by atoms with E-state index in [-0.39, 0.29) is 18.6 Å². The average molecular weight is 240 g/mol. The number of carboxylic acids is 1. The molecule has 1 atom stereocenters. The summed E-state index contributed by atoms with van der Waals surface area (Å²) < 4.78 is 0. The van der Waals surface area contributed by atoms with Crippen LogP contribution >= 0.6 is 0 Å². The quantitative estimate of drug-likeness (QED) is 0.465. The molecule has 17 heavy (non-hydrogen) atoms. The van der Waals surface area contributed by atoms with E-state index in [1.165, 1.54) is 6.20 Å². The number of H-pyrrole nitrogens is 1. The molecule has 0 amide bonds. The minimum absolute atomic E-state index is 0.111. The largest absolute Gasteiger partial charge is 0.481 e. The summed E-state index contributed by atoms with van der Waals surface area (Å²) in [6, 6.07) is -0.822. The number of Topliss-reactive ketones (excluding diaryl/α,β-unsaturated/α-hetero) is 1. The van der Waals surface area contributed by atoms with Crippen LogP contribution in [-0.4, -0.2) is 39.4 Å². The second kappa shape index (κ2) is 6.12. The van der Waals surface area contributed by atoms with Gasteiger partial charge < -0.3 is 21.6 Å². The fraction of sp³-hybridized carbons (Fsp3) is 0.500. The smallest absolute Gasteiger partial charge is 0.303 e. The second-order valence-electron chi connectivity index (χ2n) is 3.69. The third-order valence-electron chi connectivity index (χ3n) is 2.28. The molecule has 0 aliphatic heterocycles. The molecule has 0 saturated carbocycles. The van der Waals surface area contributed by atoms with E-state index >= 15 is 0 Å². The Morgan fingerprint density at radius 3 is 2.82 bits per heavy atom. The summed E-state index contributed by atoms with van der Waals surface area (Å²) >= 11 is 0. The molecular formula is C10H16N4O3. The number of nitrogens with one attached hydrogen (secondary N) is 1. The highest BCUT2D eigenvalue weighted by Crippen LogP contribution is 2.05. The molecule has 1 aromatic heterocycles. The van der Waals surface area contributed by atoms with Gasteiger partial charge >= 0.3 is 5.97 Å². The van der Waals surface area contributed by atoms with E-state index in [1.54, 1.807) is 0 Å². The number of aromatic amines is 1. The third-order valence-corrected chi connectivity index (χ3v) is 2.28. The van der Waals surface area contributed by atoms with Crippen LogP contribution in [0.5, 0.6) is 0 Å². The molecule has 94 valence electrons. The lowest BCUT2D eigenvalue weighted by Gasteiger charge is -2.06. The summed E-state index contributed by atoms with van der Waals surface area (Å²) in [6.07, 6.45) is 1.93. The number of ketones is 1. The van der Waals surface area contributed by atoms with Crippen molar-refractivity contribution < 1.29 is 14.7 Å². The molecular weight excluding hydrogens is 224 g/mol. The fourth-order valence-corrected chi connectivity index (χ4v) is 1.36. The molecule has 1 unspecified atom stereocenters. The van der Waals surface area contributed by atoms with Gasteiger partial charge in [-0.2, -0.15) is 0 Å². The SMILES string of the molecule is NCCc1ncc(C(=O)C(N)CCC(=O)O)[nH]1. The second-order valence-corrected chi connectivity index (χ2v) is 3.69. The Labute approximate surface area is 98.2 Å². The maximum atomic E-state index is 11.8. The number of hydrogen-bond acceptors (Lipinski definition) is 5. The number of aliphatic carboxylic acids is 1. The maximum absolute atomic E-state index is 11.8. The van der Waals surface area contributed by atoms with Crippen LogP contribution in [0.2, 0.25) is 0 Å². The van der Waals surface area contributed by atoms with Gasteiger partial charge in [-0.05, 0) is 13.0 Å². The van der Waals surface area contributed by atoms with Gasteiger partial charge in [-0.25, -0.2) is 4.98 Å². The van der Waals surface area contributed by atoms with Crippen LogP contribution < -0.4 is 11.5 Å². The Kier molecular flexibility index (Phi) is 4.80. The van der Waals surface area contributed by atoms with Gasteiger partial charge in [0, 0.05) is 12.8 Å². The molecule has 0 aliphatic rings. The monoisotopic (exact) mass is 240 g/mol. The number of hydrogen-bond donors (Lipinski definition) is 4. The summed E-state index contributed by atoms with van der Waals surface area (Å²) in [4.78, 5) is 28.9. The molecule has 0 radical (unpaired) electrons. The van der Waals surface area contributed by atoms with Crippen LogP contribution in [0.1, 0.15) is 29.2 Å². The molecule has 7 heteroatoms. The first kappa shape index (κ1) is 13.3. The number of nitrogens with zero attached hydrogens (tertiary/aromatic N) is 1. The Bertz CT molecular complexity index is 402. The molecule has 0 fully saturated rings. The first-order chi connectivity index (χ1) is 8.04. The van der Waals surface area contributed by atoms with Crippen molar-refractivity contribution in [3.05, 3.63) is 17.7 Å². The number of carbonyl (C=O) groups is 2. The summed E-state index contributed by atoms with van der Waals surface area (Å²) in [5, 5.41) is 8.49. The number of aromatic nitrogens is 2. The minimum Gasteiger partial charge on any atom is -0.481 e. The lowest BCUT2D eigenvalue weighted by Crippen LogP contribution is -2.31. The predicted molar refractivity (Wildman–Crippen MR) is 60.5 cm³/mol. The summed E-state index contributed by atoms with van der Waals surface area (Å²) in [7, 11) is 0. The highest BCUT2D eigenvalue weighted by atomic mass is 16.4. The fourth-order valence-electron chi connectivity index (χ4n) is 1.36.